The smallest absolute Gasteiger partial charge is 0.412 e. The van der Waals surface area contributed by atoms with Gasteiger partial charge in [0.1, 0.15) is 11.6 Å². The molecule has 2 fully saturated rings. The molecule has 0 bridgehead atoms. The number of anilines is 1. The average Bonchev–Trinajstić information content (AvgIpc) is 3.80. The van der Waals surface area contributed by atoms with Crippen molar-refractivity contribution in [2.24, 2.45) is 23.2 Å². The summed E-state index contributed by atoms with van der Waals surface area (Å²) in [6.45, 7) is 24.2. The van der Waals surface area contributed by atoms with Gasteiger partial charge in [0.05, 0.1) is 30.0 Å². The van der Waals surface area contributed by atoms with Gasteiger partial charge in [0.15, 0.2) is 0 Å². The summed E-state index contributed by atoms with van der Waals surface area (Å²) < 4.78 is 11.3. The first kappa shape index (κ1) is 46.5. The van der Waals surface area contributed by atoms with Crippen molar-refractivity contribution in [3.8, 4) is 0 Å². The Hall–Kier alpha value is -3.93. The number of likely N-dealkylation sites (tertiary alicyclic amines) is 1. The SMILES string of the molecule is C=C1CCN(C(=O)C[C@@H](OC)[C@H]([C@@H](C)CC)N(C)C(=O)C(NC(=O)CC(C)C)C(C)C)[C@@H]1CC1(C(=O)N[C@H](C)Cc2ccc(NC(=O)OC(C)(C)C)cc2)CC1. The van der Waals surface area contributed by atoms with Crippen LogP contribution in [0.3, 0.4) is 0 Å². The van der Waals surface area contributed by atoms with Crippen LogP contribution in [-0.2, 0) is 35.1 Å². The van der Waals surface area contributed by atoms with Crippen LogP contribution in [-0.4, -0.2) is 96.1 Å². The number of methoxy groups -OCH3 is 1. The van der Waals surface area contributed by atoms with Crippen molar-refractivity contribution in [3.63, 3.8) is 0 Å². The number of rotatable bonds is 19. The Kier molecular flexibility index (Phi) is 16.6. The molecule has 1 aliphatic carbocycles. The normalized spacial score (nSPS) is 19.1. The highest BCUT2D eigenvalue weighted by atomic mass is 16.6. The van der Waals surface area contributed by atoms with Crippen LogP contribution in [0.2, 0.25) is 0 Å². The number of hydrogen-bond acceptors (Lipinski definition) is 7. The van der Waals surface area contributed by atoms with E-state index >= 15 is 0 Å². The molecule has 12 nitrogen and oxygen atoms in total. The highest BCUT2D eigenvalue weighted by Gasteiger charge is 2.53. The van der Waals surface area contributed by atoms with Crippen molar-refractivity contribution in [3.05, 3.63) is 42.0 Å². The van der Waals surface area contributed by atoms with Gasteiger partial charge in [-0.2, -0.15) is 0 Å². The summed E-state index contributed by atoms with van der Waals surface area (Å²) in [5.74, 6) is -0.407. The number of likely N-dealkylation sites (N-methyl/N-ethyl adjacent to an activating group) is 1. The summed E-state index contributed by atoms with van der Waals surface area (Å²) in [4.78, 5) is 70.4. The monoisotopic (exact) mass is 782 g/mol. The summed E-state index contributed by atoms with van der Waals surface area (Å²) in [7, 11) is 3.33. The number of nitrogens with one attached hydrogen (secondary N) is 3. The first-order valence-corrected chi connectivity index (χ1v) is 20.6. The largest absolute Gasteiger partial charge is 0.444 e. The topological polar surface area (TPSA) is 146 Å². The first-order chi connectivity index (χ1) is 26.1. The van der Waals surface area contributed by atoms with Crippen LogP contribution in [0.15, 0.2) is 36.4 Å². The predicted octanol–water partition coefficient (Wildman–Crippen LogP) is 6.87. The Labute approximate surface area is 336 Å². The maximum atomic E-state index is 14.2. The molecule has 6 atom stereocenters. The Morgan fingerprint density at radius 2 is 1.61 bits per heavy atom. The van der Waals surface area contributed by atoms with Crippen molar-refractivity contribution >= 4 is 35.4 Å². The number of carbonyl (C=O) groups is 5. The summed E-state index contributed by atoms with van der Waals surface area (Å²) in [6, 6.07) is 5.98. The molecule has 1 aromatic carbocycles. The lowest BCUT2D eigenvalue weighted by Crippen LogP contribution is -2.57. The van der Waals surface area contributed by atoms with E-state index in [4.69, 9.17) is 9.47 Å². The summed E-state index contributed by atoms with van der Waals surface area (Å²) in [5, 5.41) is 8.93. The standard InChI is InChI=1S/C44H71N5O7/c1-14-29(6)39(48(12)40(52)38(28(4)5)47-36(50)23-27(2)3)35(55-13)25-37(51)49-22-19-30(7)34(49)26-44(20-21-44)41(53)45-31(8)24-32-15-17-33(18-16-32)46-42(54)56-43(9,10)11/h15-18,27-29,31,34-35,38-39H,7,14,19-26H2,1-6,8-13H3,(H,45,53)(H,46,54)(H,47,50)/t29-,31+,34+,35+,38?,39-/m0/s1. The zero-order chi connectivity index (χ0) is 42.1. The van der Waals surface area contributed by atoms with Crippen LogP contribution < -0.4 is 16.0 Å². The van der Waals surface area contributed by atoms with Crippen molar-refractivity contribution in [2.45, 2.75) is 156 Å². The van der Waals surface area contributed by atoms with Crippen LogP contribution in [0.4, 0.5) is 10.5 Å². The molecule has 3 rings (SSSR count). The molecule has 1 aromatic rings. The van der Waals surface area contributed by atoms with E-state index in [9.17, 15) is 24.0 Å². The molecule has 314 valence electrons. The van der Waals surface area contributed by atoms with Gasteiger partial charge in [0.2, 0.25) is 23.6 Å². The Morgan fingerprint density at radius 1 is 0.982 bits per heavy atom. The fraction of sp³-hybridized carbons (Fsp3) is 0.705. The lowest BCUT2D eigenvalue weighted by atomic mass is 9.89. The van der Waals surface area contributed by atoms with E-state index in [-0.39, 0.29) is 59.9 Å². The number of benzene rings is 1. The predicted molar refractivity (Wildman–Crippen MR) is 221 cm³/mol. The van der Waals surface area contributed by atoms with Crippen LogP contribution in [0.1, 0.15) is 120 Å². The van der Waals surface area contributed by atoms with Crippen molar-refractivity contribution < 1.29 is 33.4 Å². The molecule has 0 aromatic heterocycles. The molecule has 0 radical (unpaired) electrons. The third kappa shape index (κ3) is 13.1. The van der Waals surface area contributed by atoms with Crippen LogP contribution in [0, 0.1) is 23.2 Å². The molecular weight excluding hydrogens is 711 g/mol. The Balaban J connectivity index is 1.66. The van der Waals surface area contributed by atoms with Crippen molar-refractivity contribution in [1.29, 1.82) is 0 Å². The third-order valence-electron chi connectivity index (χ3n) is 11.2. The number of carbonyl (C=O) groups excluding carboxylic acids is 5. The molecule has 1 unspecified atom stereocenters. The van der Waals surface area contributed by atoms with E-state index in [2.05, 4.69) is 36.4 Å². The third-order valence-corrected chi connectivity index (χ3v) is 11.2. The van der Waals surface area contributed by atoms with Gasteiger partial charge in [0.25, 0.3) is 0 Å². The van der Waals surface area contributed by atoms with Gasteiger partial charge in [0, 0.05) is 38.9 Å². The molecule has 1 saturated heterocycles. The molecule has 0 spiro atoms. The molecule has 3 N–H and O–H groups in total. The van der Waals surface area contributed by atoms with Gasteiger partial charge < -0.3 is 29.9 Å². The lowest BCUT2D eigenvalue weighted by molar-refractivity contribution is -0.146. The van der Waals surface area contributed by atoms with Gasteiger partial charge in [-0.25, -0.2) is 4.79 Å². The maximum absolute atomic E-state index is 14.2. The number of ether oxygens (including phenoxy) is 2. The molecule has 1 heterocycles. The minimum absolute atomic E-state index is 0.00718. The first-order valence-electron chi connectivity index (χ1n) is 20.6. The van der Waals surface area contributed by atoms with E-state index in [1.165, 1.54) is 0 Å². The molecular formula is C44H71N5O7. The molecule has 1 aliphatic heterocycles. The van der Waals surface area contributed by atoms with Gasteiger partial charge in [-0.3, -0.25) is 24.5 Å². The molecule has 1 saturated carbocycles. The summed E-state index contributed by atoms with van der Waals surface area (Å²) >= 11 is 0. The number of hydrogen-bond donors (Lipinski definition) is 3. The minimum atomic E-state index is -0.699. The summed E-state index contributed by atoms with van der Waals surface area (Å²) in [6.07, 6.45) is 3.36. The minimum Gasteiger partial charge on any atom is -0.444 e. The fourth-order valence-corrected chi connectivity index (χ4v) is 7.69. The zero-order valence-electron chi connectivity index (χ0n) is 36.3. The van der Waals surface area contributed by atoms with Crippen LogP contribution in [0.5, 0.6) is 0 Å². The zero-order valence-corrected chi connectivity index (χ0v) is 36.3. The van der Waals surface area contributed by atoms with E-state index < -0.39 is 35.3 Å². The number of nitrogens with zero attached hydrogens (tertiary/aromatic N) is 2. The molecule has 5 amide bonds. The highest BCUT2D eigenvalue weighted by Crippen LogP contribution is 2.52. The Bertz CT molecular complexity index is 1530. The van der Waals surface area contributed by atoms with Gasteiger partial charge in [-0.1, -0.05) is 72.2 Å². The van der Waals surface area contributed by atoms with Gasteiger partial charge >= 0.3 is 6.09 Å². The van der Waals surface area contributed by atoms with Gasteiger partial charge in [-0.05, 0) is 95.2 Å². The molecule has 56 heavy (non-hydrogen) atoms. The van der Waals surface area contributed by atoms with Gasteiger partial charge in [-0.15, -0.1) is 0 Å². The summed E-state index contributed by atoms with van der Waals surface area (Å²) in [5.41, 5.74) is 1.44. The van der Waals surface area contributed by atoms with Crippen molar-refractivity contribution in [1.82, 2.24) is 20.4 Å². The number of amides is 5. The Morgan fingerprint density at radius 3 is 2.12 bits per heavy atom. The lowest BCUT2D eigenvalue weighted by Gasteiger charge is -2.40. The quantitative estimate of drug-likeness (QED) is 0.130. The van der Waals surface area contributed by atoms with Crippen LogP contribution >= 0.6 is 0 Å². The maximum Gasteiger partial charge on any atom is 0.412 e. The fourth-order valence-electron chi connectivity index (χ4n) is 7.69. The average molecular weight is 782 g/mol. The second-order valence-corrected chi connectivity index (χ2v) is 18.1. The van der Waals surface area contributed by atoms with E-state index in [0.717, 1.165) is 30.4 Å². The molecule has 12 heteroatoms. The van der Waals surface area contributed by atoms with E-state index in [1.54, 1.807) is 19.1 Å². The van der Waals surface area contributed by atoms with E-state index in [1.807, 2.05) is 84.6 Å². The highest BCUT2D eigenvalue weighted by molar-refractivity contribution is 5.88. The molecule has 2 aliphatic rings. The second kappa shape index (κ2) is 20.0. The van der Waals surface area contributed by atoms with E-state index in [0.29, 0.717) is 37.9 Å². The van der Waals surface area contributed by atoms with Crippen LogP contribution in [0.25, 0.3) is 0 Å². The second-order valence-electron chi connectivity index (χ2n) is 18.1. The van der Waals surface area contributed by atoms with Crippen molar-refractivity contribution in [2.75, 3.05) is 26.0 Å².